The van der Waals surface area contributed by atoms with Gasteiger partial charge in [0, 0.05) is 12.1 Å². The maximum absolute atomic E-state index is 9.03. The number of nitrogens with one attached hydrogen (secondary N) is 1. The highest BCUT2D eigenvalue weighted by Crippen LogP contribution is 2.27. The van der Waals surface area contributed by atoms with Crippen molar-refractivity contribution in [3.63, 3.8) is 0 Å². The lowest BCUT2D eigenvalue weighted by molar-refractivity contribution is 0.415. The molecule has 1 fully saturated rings. The maximum atomic E-state index is 9.03. The Balaban J connectivity index is 2.19. The Labute approximate surface area is 96.0 Å². The minimum Gasteiger partial charge on any atom is -0.497 e. The van der Waals surface area contributed by atoms with Crippen molar-refractivity contribution in [3.8, 4) is 11.8 Å². The van der Waals surface area contributed by atoms with Gasteiger partial charge in [0.15, 0.2) is 0 Å². The van der Waals surface area contributed by atoms with E-state index >= 15 is 0 Å². The molecule has 0 unspecified atom stereocenters. The molecule has 0 heterocycles. The van der Waals surface area contributed by atoms with Crippen LogP contribution in [0.4, 0.5) is 5.69 Å². The molecule has 1 aliphatic rings. The van der Waals surface area contributed by atoms with E-state index in [1.807, 2.05) is 12.1 Å². The van der Waals surface area contributed by atoms with Crippen LogP contribution < -0.4 is 10.1 Å². The smallest absolute Gasteiger partial charge is 0.121 e. The van der Waals surface area contributed by atoms with Crippen LogP contribution in [-0.2, 0) is 0 Å². The van der Waals surface area contributed by atoms with Gasteiger partial charge in [0.2, 0.25) is 0 Å². The van der Waals surface area contributed by atoms with Crippen molar-refractivity contribution in [2.75, 3.05) is 12.4 Å². The van der Waals surface area contributed by atoms with Gasteiger partial charge in [-0.3, -0.25) is 0 Å². The Morgan fingerprint density at radius 1 is 1.38 bits per heavy atom. The second-order valence-electron chi connectivity index (χ2n) is 4.15. The fourth-order valence-corrected chi connectivity index (χ4v) is 2.16. The lowest BCUT2D eigenvalue weighted by Crippen LogP contribution is -2.15. The van der Waals surface area contributed by atoms with Crippen LogP contribution in [0.25, 0.3) is 0 Å². The number of nitriles is 1. The van der Waals surface area contributed by atoms with Crippen LogP contribution in [0.1, 0.15) is 31.2 Å². The van der Waals surface area contributed by atoms with Gasteiger partial charge in [-0.05, 0) is 25.0 Å². The zero-order valence-electron chi connectivity index (χ0n) is 9.49. The van der Waals surface area contributed by atoms with Crippen molar-refractivity contribution in [3.05, 3.63) is 23.8 Å². The normalized spacial score (nSPS) is 15.8. The van der Waals surface area contributed by atoms with E-state index in [9.17, 15) is 0 Å². The molecule has 0 spiro atoms. The number of hydrogen-bond donors (Lipinski definition) is 1. The molecule has 0 aromatic heterocycles. The van der Waals surface area contributed by atoms with Crippen LogP contribution in [0.3, 0.4) is 0 Å². The third kappa shape index (κ3) is 2.27. The summed E-state index contributed by atoms with van der Waals surface area (Å²) in [6.45, 7) is 0. The molecule has 2 rings (SSSR count). The van der Waals surface area contributed by atoms with Crippen LogP contribution in [-0.4, -0.2) is 13.2 Å². The van der Waals surface area contributed by atoms with E-state index < -0.39 is 0 Å². The molecule has 3 nitrogen and oxygen atoms in total. The van der Waals surface area contributed by atoms with Gasteiger partial charge in [-0.2, -0.15) is 5.26 Å². The highest BCUT2D eigenvalue weighted by molar-refractivity contribution is 5.60. The summed E-state index contributed by atoms with van der Waals surface area (Å²) in [5.74, 6) is 0.791. The van der Waals surface area contributed by atoms with E-state index in [0.29, 0.717) is 11.6 Å². The largest absolute Gasteiger partial charge is 0.497 e. The minimum absolute atomic E-state index is 0.513. The molecule has 0 bridgehead atoms. The molecular weight excluding hydrogens is 200 g/mol. The highest BCUT2D eigenvalue weighted by Gasteiger charge is 2.16. The minimum atomic E-state index is 0.513. The van der Waals surface area contributed by atoms with Gasteiger partial charge in [-0.15, -0.1) is 0 Å². The van der Waals surface area contributed by atoms with Crippen LogP contribution in [0, 0.1) is 11.3 Å². The van der Waals surface area contributed by atoms with Gasteiger partial charge >= 0.3 is 0 Å². The molecule has 0 amide bonds. The Bertz CT molecular complexity index is 403. The Morgan fingerprint density at radius 3 is 2.75 bits per heavy atom. The number of nitrogens with zero attached hydrogens (tertiary/aromatic N) is 1. The number of anilines is 1. The van der Waals surface area contributed by atoms with E-state index in [1.54, 1.807) is 13.2 Å². The molecule has 0 radical (unpaired) electrons. The van der Waals surface area contributed by atoms with Crippen molar-refractivity contribution < 1.29 is 4.74 Å². The monoisotopic (exact) mass is 216 g/mol. The highest BCUT2D eigenvalue weighted by atomic mass is 16.5. The first-order valence-electron chi connectivity index (χ1n) is 5.68. The van der Waals surface area contributed by atoms with E-state index in [2.05, 4.69) is 11.4 Å². The fraction of sp³-hybridized carbons (Fsp3) is 0.462. The lowest BCUT2D eigenvalue weighted by atomic mass is 10.1. The van der Waals surface area contributed by atoms with Crippen LogP contribution in [0.5, 0.6) is 5.75 Å². The lowest BCUT2D eigenvalue weighted by Gasteiger charge is -2.15. The van der Waals surface area contributed by atoms with Crippen molar-refractivity contribution in [1.82, 2.24) is 0 Å². The summed E-state index contributed by atoms with van der Waals surface area (Å²) in [5.41, 5.74) is 1.58. The molecule has 84 valence electrons. The zero-order chi connectivity index (χ0) is 11.4. The van der Waals surface area contributed by atoms with E-state index in [1.165, 1.54) is 25.7 Å². The Hall–Kier alpha value is -1.69. The van der Waals surface area contributed by atoms with Crippen molar-refractivity contribution in [2.45, 2.75) is 31.7 Å². The van der Waals surface area contributed by atoms with Crippen LogP contribution >= 0.6 is 0 Å². The summed E-state index contributed by atoms with van der Waals surface area (Å²) in [6, 6.07) is 8.24. The first-order chi connectivity index (χ1) is 7.83. The van der Waals surface area contributed by atoms with Gasteiger partial charge in [-0.1, -0.05) is 12.8 Å². The SMILES string of the molecule is COc1ccc(C#N)c(NC2CCCC2)c1. The maximum Gasteiger partial charge on any atom is 0.121 e. The van der Waals surface area contributed by atoms with E-state index in [-0.39, 0.29) is 0 Å². The molecule has 0 aliphatic heterocycles. The van der Waals surface area contributed by atoms with Crippen LogP contribution in [0.2, 0.25) is 0 Å². The average Bonchev–Trinajstić information content (AvgIpc) is 2.82. The molecule has 1 aromatic carbocycles. The predicted octanol–water partition coefficient (Wildman–Crippen LogP) is 2.92. The Morgan fingerprint density at radius 2 is 2.12 bits per heavy atom. The van der Waals surface area contributed by atoms with Gasteiger partial charge in [0.1, 0.15) is 11.8 Å². The summed E-state index contributed by atoms with van der Waals surface area (Å²) in [6.07, 6.45) is 4.96. The topological polar surface area (TPSA) is 45.0 Å². The molecule has 1 saturated carbocycles. The first kappa shape index (κ1) is 10.8. The van der Waals surface area contributed by atoms with Gasteiger partial charge in [-0.25, -0.2) is 0 Å². The third-order valence-electron chi connectivity index (χ3n) is 3.06. The summed E-state index contributed by atoms with van der Waals surface area (Å²) >= 11 is 0. The molecule has 16 heavy (non-hydrogen) atoms. The second kappa shape index (κ2) is 4.89. The van der Waals surface area contributed by atoms with Crippen molar-refractivity contribution in [2.24, 2.45) is 0 Å². The quantitative estimate of drug-likeness (QED) is 0.844. The van der Waals surface area contributed by atoms with Gasteiger partial charge < -0.3 is 10.1 Å². The summed E-state index contributed by atoms with van der Waals surface area (Å²) < 4.78 is 5.17. The second-order valence-corrected chi connectivity index (χ2v) is 4.15. The molecule has 0 atom stereocenters. The van der Waals surface area contributed by atoms with E-state index in [4.69, 9.17) is 10.00 Å². The molecule has 0 saturated heterocycles. The fourth-order valence-electron chi connectivity index (χ4n) is 2.16. The summed E-state index contributed by atoms with van der Waals surface area (Å²) in [4.78, 5) is 0. The number of rotatable bonds is 3. The zero-order valence-corrected chi connectivity index (χ0v) is 9.49. The Kier molecular flexibility index (Phi) is 3.31. The molecule has 1 aromatic rings. The number of methoxy groups -OCH3 is 1. The van der Waals surface area contributed by atoms with E-state index in [0.717, 1.165) is 11.4 Å². The number of ether oxygens (including phenoxy) is 1. The summed E-state index contributed by atoms with van der Waals surface area (Å²) in [5, 5.41) is 12.5. The first-order valence-corrected chi connectivity index (χ1v) is 5.68. The molecule has 1 N–H and O–H groups in total. The molecular formula is C13H16N2O. The number of benzene rings is 1. The van der Waals surface area contributed by atoms with Crippen molar-refractivity contribution >= 4 is 5.69 Å². The standard InChI is InChI=1S/C13H16N2O/c1-16-12-7-6-10(9-14)13(8-12)15-11-4-2-3-5-11/h6-8,11,15H,2-5H2,1H3. The average molecular weight is 216 g/mol. The van der Waals surface area contributed by atoms with Gasteiger partial charge in [0.25, 0.3) is 0 Å². The summed E-state index contributed by atoms with van der Waals surface area (Å²) in [7, 11) is 1.64. The number of hydrogen-bond acceptors (Lipinski definition) is 3. The molecule has 3 heteroatoms. The van der Waals surface area contributed by atoms with Crippen LogP contribution in [0.15, 0.2) is 18.2 Å². The molecule has 1 aliphatic carbocycles. The van der Waals surface area contributed by atoms with Crippen molar-refractivity contribution in [1.29, 1.82) is 5.26 Å². The third-order valence-corrected chi connectivity index (χ3v) is 3.06. The van der Waals surface area contributed by atoms with Gasteiger partial charge in [0.05, 0.1) is 18.4 Å². The predicted molar refractivity (Wildman–Crippen MR) is 63.6 cm³/mol.